The number of fused-ring (bicyclic) bond motifs is 5. The van der Waals surface area contributed by atoms with E-state index < -0.39 is 0 Å². The molecule has 0 N–H and O–H groups in total. The Bertz CT molecular complexity index is 3700. The van der Waals surface area contributed by atoms with Crippen molar-refractivity contribution in [2.24, 2.45) is 0 Å². The van der Waals surface area contributed by atoms with Gasteiger partial charge in [-0.1, -0.05) is 177 Å². The van der Waals surface area contributed by atoms with E-state index in [0.29, 0.717) is 0 Å². The highest BCUT2D eigenvalue weighted by Crippen LogP contribution is 2.63. The molecule has 11 aromatic carbocycles. The molecule has 1 fully saturated rings. The predicted octanol–water partition coefficient (Wildman–Crippen LogP) is 17.9. The Balaban J connectivity index is 1.19. The van der Waals surface area contributed by atoms with Gasteiger partial charge in [-0.25, -0.2) is 0 Å². The molecule has 65 heavy (non-hydrogen) atoms. The van der Waals surface area contributed by atoms with Gasteiger partial charge < -0.3 is 4.90 Å². The normalized spacial score (nSPS) is 18.3. The molecule has 0 spiro atoms. The summed E-state index contributed by atoms with van der Waals surface area (Å²) in [5.74, 6) is 0. The molecule has 1 aliphatic heterocycles. The van der Waals surface area contributed by atoms with Gasteiger partial charge in [-0.3, -0.25) is 0 Å². The predicted molar refractivity (Wildman–Crippen MR) is 279 cm³/mol. The van der Waals surface area contributed by atoms with Crippen LogP contribution < -0.4 is 4.90 Å². The van der Waals surface area contributed by atoms with Crippen LogP contribution >= 0.6 is 0 Å². The molecule has 312 valence electrons. The number of hydrogen-bond acceptors (Lipinski definition) is 1. The smallest absolute Gasteiger partial charge is 0.0518 e. The second kappa shape index (κ2) is 14.1. The average molecular weight is 834 g/mol. The van der Waals surface area contributed by atoms with Crippen molar-refractivity contribution < 1.29 is 0 Å². The Morgan fingerprint density at radius 2 is 0.862 bits per heavy atom. The number of nitrogens with zero attached hydrogens (tertiary/aromatic N) is 1. The van der Waals surface area contributed by atoms with Gasteiger partial charge in [0.15, 0.2) is 0 Å². The molecule has 0 saturated heterocycles. The second-order valence-electron chi connectivity index (χ2n) is 19.5. The van der Waals surface area contributed by atoms with E-state index in [2.05, 4.69) is 221 Å². The topological polar surface area (TPSA) is 3.24 Å². The number of para-hydroxylation sites is 1. The van der Waals surface area contributed by atoms with Crippen molar-refractivity contribution in [2.45, 2.75) is 64.3 Å². The van der Waals surface area contributed by atoms with E-state index in [-0.39, 0.29) is 11.0 Å². The van der Waals surface area contributed by atoms with Crippen LogP contribution in [0.4, 0.5) is 11.4 Å². The molecular weight excluding hydrogens is 783 g/mol. The van der Waals surface area contributed by atoms with Crippen molar-refractivity contribution in [3.8, 4) is 44.5 Å². The molecule has 2 aliphatic rings. The van der Waals surface area contributed by atoms with Crippen LogP contribution in [0.2, 0.25) is 0 Å². The molecule has 1 heterocycles. The van der Waals surface area contributed by atoms with Gasteiger partial charge in [0.05, 0.1) is 5.54 Å². The maximum absolute atomic E-state index is 2.75. The van der Waals surface area contributed by atoms with E-state index in [4.69, 9.17) is 0 Å². The minimum Gasteiger partial charge on any atom is -0.334 e. The van der Waals surface area contributed by atoms with E-state index in [9.17, 15) is 0 Å². The molecule has 1 nitrogen and oxygen atoms in total. The Kier molecular flexibility index (Phi) is 8.32. The lowest BCUT2D eigenvalue weighted by Gasteiger charge is -2.50. The zero-order valence-electron chi connectivity index (χ0n) is 37.7. The first-order valence-electron chi connectivity index (χ1n) is 23.6. The first-order chi connectivity index (χ1) is 31.8. The third-order valence-corrected chi connectivity index (χ3v) is 16.4. The van der Waals surface area contributed by atoms with E-state index in [1.165, 1.54) is 152 Å². The van der Waals surface area contributed by atoms with Gasteiger partial charge in [-0.05, 0) is 179 Å². The van der Waals surface area contributed by atoms with E-state index >= 15 is 0 Å². The molecule has 11 aromatic rings. The molecule has 2 atom stereocenters. The first kappa shape index (κ1) is 38.3. The summed E-state index contributed by atoms with van der Waals surface area (Å²) in [7, 11) is 0. The van der Waals surface area contributed by atoms with Gasteiger partial charge in [0.2, 0.25) is 0 Å². The molecule has 0 radical (unpaired) electrons. The molecule has 1 heteroatoms. The summed E-state index contributed by atoms with van der Waals surface area (Å²) in [6.07, 6.45) is 4.86. The van der Waals surface area contributed by atoms with Crippen molar-refractivity contribution in [1.29, 1.82) is 0 Å². The van der Waals surface area contributed by atoms with Crippen LogP contribution in [-0.2, 0) is 5.41 Å². The minimum atomic E-state index is -0.0343. The standard InChI is InChI=1S/C64H51N/c1-40-41(2)62-59(63(3)35-15-16-36-64(63,4)65(62)45-25-9-6-10-26-45)39-54(40)58-38-57(49-30-18-24-43-22-12-14-28-47(43)49)52-32-31-50-55(44-19-7-5-8-20-44)37-56(51-33-34-53(58)61(52)60(50)51)48-29-17-23-42-21-11-13-27-46(42)48/h5-14,17-34,37-39H,15-16,35-36H2,1-4H3. The lowest BCUT2D eigenvalue weighted by Crippen LogP contribution is -2.54. The maximum Gasteiger partial charge on any atom is 0.0518 e. The fraction of sp³-hybridized carbons (Fsp3) is 0.156. The third kappa shape index (κ3) is 5.33. The minimum absolute atomic E-state index is 0.0101. The number of benzene rings is 11. The van der Waals surface area contributed by atoms with Gasteiger partial charge in [-0.2, -0.15) is 0 Å². The van der Waals surface area contributed by atoms with E-state index in [0.717, 1.165) is 0 Å². The van der Waals surface area contributed by atoms with Crippen molar-refractivity contribution in [2.75, 3.05) is 4.90 Å². The van der Waals surface area contributed by atoms with Crippen LogP contribution in [0.15, 0.2) is 188 Å². The highest BCUT2D eigenvalue weighted by atomic mass is 15.3. The SMILES string of the molecule is Cc1c(-c2cc(-c3cccc4ccccc34)c3ccc4c(-c5ccccc5)cc(-c5cccc6ccccc56)c5ccc2c3c45)cc2c(c1C)N(c1ccccc1)C1(C)CCCCC21C. The summed E-state index contributed by atoms with van der Waals surface area (Å²) >= 11 is 0. The molecule has 2 unspecified atom stereocenters. The lowest BCUT2D eigenvalue weighted by atomic mass is 9.61. The Morgan fingerprint density at radius 1 is 0.385 bits per heavy atom. The molecule has 0 bridgehead atoms. The quantitative estimate of drug-likeness (QED) is 0.156. The van der Waals surface area contributed by atoms with Crippen molar-refractivity contribution in [1.82, 2.24) is 0 Å². The fourth-order valence-electron chi connectivity index (χ4n) is 12.8. The Morgan fingerprint density at radius 3 is 1.46 bits per heavy atom. The molecule has 13 rings (SSSR count). The summed E-state index contributed by atoms with van der Waals surface area (Å²) in [5.41, 5.74) is 17.2. The summed E-state index contributed by atoms with van der Waals surface area (Å²) < 4.78 is 0. The number of hydrogen-bond donors (Lipinski definition) is 0. The van der Waals surface area contributed by atoms with Crippen LogP contribution in [-0.4, -0.2) is 5.54 Å². The van der Waals surface area contributed by atoms with Crippen LogP contribution in [0, 0.1) is 13.8 Å². The van der Waals surface area contributed by atoms with E-state index in [1.807, 2.05) is 0 Å². The summed E-state index contributed by atoms with van der Waals surface area (Å²) in [4.78, 5) is 2.75. The monoisotopic (exact) mass is 833 g/mol. The number of anilines is 2. The molecule has 1 saturated carbocycles. The average Bonchev–Trinajstić information content (AvgIpc) is 3.57. The van der Waals surface area contributed by atoms with Crippen LogP contribution in [0.5, 0.6) is 0 Å². The highest BCUT2D eigenvalue weighted by molar-refractivity contribution is 6.33. The lowest BCUT2D eigenvalue weighted by molar-refractivity contribution is 0.195. The van der Waals surface area contributed by atoms with Gasteiger partial charge in [-0.15, -0.1) is 0 Å². The van der Waals surface area contributed by atoms with Crippen molar-refractivity contribution in [3.05, 3.63) is 205 Å². The van der Waals surface area contributed by atoms with Gasteiger partial charge in [0, 0.05) is 16.8 Å². The van der Waals surface area contributed by atoms with Crippen LogP contribution in [0.3, 0.4) is 0 Å². The van der Waals surface area contributed by atoms with Crippen molar-refractivity contribution >= 4 is 65.2 Å². The van der Waals surface area contributed by atoms with E-state index in [1.54, 1.807) is 0 Å². The van der Waals surface area contributed by atoms with Crippen LogP contribution in [0.25, 0.3) is 98.4 Å². The summed E-state index contributed by atoms with van der Waals surface area (Å²) in [6, 6.07) is 71.1. The summed E-state index contributed by atoms with van der Waals surface area (Å²) in [6.45, 7) is 9.93. The highest BCUT2D eigenvalue weighted by Gasteiger charge is 2.58. The molecule has 0 amide bonds. The molecule has 1 aliphatic carbocycles. The Labute approximate surface area is 382 Å². The fourth-order valence-corrected chi connectivity index (χ4v) is 12.8. The first-order valence-corrected chi connectivity index (χ1v) is 23.6. The van der Waals surface area contributed by atoms with Gasteiger partial charge in [0.1, 0.15) is 0 Å². The largest absolute Gasteiger partial charge is 0.334 e. The van der Waals surface area contributed by atoms with Gasteiger partial charge in [0.25, 0.3) is 0 Å². The molecule has 0 aromatic heterocycles. The summed E-state index contributed by atoms with van der Waals surface area (Å²) in [5, 5.41) is 13.0. The zero-order valence-corrected chi connectivity index (χ0v) is 37.7. The van der Waals surface area contributed by atoms with Crippen molar-refractivity contribution in [3.63, 3.8) is 0 Å². The number of rotatable bonds is 5. The van der Waals surface area contributed by atoms with Gasteiger partial charge >= 0.3 is 0 Å². The van der Waals surface area contributed by atoms with Crippen LogP contribution in [0.1, 0.15) is 56.2 Å². The maximum atomic E-state index is 2.75. The molecular formula is C64H51N. The third-order valence-electron chi connectivity index (χ3n) is 16.4. The second-order valence-corrected chi connectivity index (χ2v) is 19.5. The Hall–Kier alpha value is -7.22. The zero-order chi connectivity index (χ0) is 43.6.